The van der Waals surface area contributed by atoms with E-state index in [4.69, 9.17) is 0 Å². The van der Waals surface area contributed by atoms with Crippen LogP contribution >= 0.6 is 0 Å². The van der Waals surface area contributed by atoms with Crippen molar-refractivity contribution in [3.63, 3.8) is 0 Å². The lowest BCUT2D eigenvalue weighted by Crippen LogP contribution is -2.00. The van der Waals surface area contributed by atoms with Crippen molar-refractivity contribution >= 4 is 0 Å². The number of aryl methyl sites for hydroxylation is 1. The molecule has 17 heavy (non-hydrogen) atoms. The maximum absolute atomic E-state index is 9.46. The summed E-state index contributed by atoms with van der Waals surface area (Å²) in [7, 11) is 0. The summed E-state index contributed by atoms with van der Waals surface area (Å²) in [6.07, 6.45) is 3.74. The molecule has 0 aliphatic carbocycles. The molecule has 0 fully saturated rings. The molecule has 1 heterocycles. The third kappa shape index (κ3) is 2.39. The fraction of sp³-hybridized carbons (Fsp3) is 0.357. The summed E-state index contributed by atoms with van der Waals surface area (Å²) < 4.78 is 1.95. The highest BCUT2D eigenvalue weighted by molar-refractivity contribution is 5.44. The first-order valence-corrected chi connectivity index (χ1v) is 5.86. The van der Waals surface area contributed by atoms with E-state index in [2.05, 4.69) is 31.0 Å². The quantitative estimate of drug-likeness (QED) is 0.880. The Balaban J connectivity index is 2.48. The van der Waals surface area contributed by atoms with Crippen LogP contribution < -0.4 is 0 Å². The lowest BCUT2D eigenvalue weighted by atomic mass is 10.00. The fourth-order valence-electron chi connectivity index (χ4n) is 1.90. The minimum Gasteiger partial charge on any atom is -0.392 e. The van der Waals surface area contributed by atoms with Gasteiger partial charge in [0.15, 0.2) is 0 Å². The van der Waals surface area contributed by atoms with Crippen LogP contribution in [0.1, 0.15) is 36.6 Å². The number of hydrogen-bond acceptors (Lipinski definition) is 2. The first kappa shape index (κ1) is 11.9. The van der Waals surface area contributed by atoms with Crippen molar-refractivity contribution in [2.24, 2.45) is 0 Å². The van der Waals surface area contributed by atoms with Gasteiger partial charge in [-0.1, -0.05) is 26.0 Å². The van der Waals surface area contributed by atoms with Gasteiger partial charge in [0.05, 0.1) is 24.3 Å². The molecule has 2 aromatic rings. The van der Waals surface area contributed by atoms with Gasteiger partial charge in [-0.3, -0.25) is 0 Å². The van der Waals surface area contributed by atoms with E-state index in [0.29, 0.717) is 5.92 Å². The van der Waals surface area contributed by atoms with E-state index in [1.165, 1.54) is 5.56 Å². The van der Waals surface area contributed by atoms with Crippen LogP contribution in [-0.4, -0.2) is 14.7 Å². The van der Waals surface area contributed by atoms with Crippen molar-refractivity contribution in [1.82, 2.24) is 9.55 Å². The lowest BCUT2D eigenvalue weighted by Gasteiger charge is -2.12. The van der Waals surface area contributed by atoms with E-state index in [0.717, 1.165) is 16.9 Å². The molecular weight excluding hydrogens is 212 g/mol. The van der Waals surface area contributed by atoms with Gasteiger partial charge in [-0.25, -0.2) is 4.98 Å². The molecule has 0 saturated heterocycles. The Kier molecular flexibility index (Phi) is 3.29. The summed E-state index contributed by atoms with van der Waals surface area (Å²) in [6.45, 7) is 6.31. The number of nitrogens with zero attached hydrogens (tertiary/aromatic N) is 2. The minimum absolute atomic E-state index is 0.0487. The van der Waals surface area contributed by atoms with Crippen molar-refractivity contribution in [2.45, 2.75) is 33.3 Å². The van der Waals surface area contributed by atoms with Crippen molar-refractivity contribution < 1.29 is 5.11 Å². The predicted octanol–water partition coefficient (Wildman–Crippen LogP) is 2.80. The highest BCUT2D eigenvalue weighted by atomic mass is 16.3. The van der Waals surface area contributed by atoms with Crippen molar-refractivity contribution in [2.75, 3.05) is 0 Å². The topological polar surface area (TPSA) is 38.0 Å². The van der Waals surface area contributed by atoms with E-state index < -0.39 is 0 Å². The molecule has 1 N–H and O–H groups in total. The van der Waals surface area contributed by atoms with E-state index in [-0.39, 0.29) is 6.61 Å². The monoisotopic (exact) mass is 230 g/mol. The molecule has 1 aromatic heterocycles. The fourth-order valence-corrected chi connectivity index (χ4v) is 1.90. The van der Waals surface area contributed by atoms with Crippen LogP contribution in [0.4, 0.5) is 0 Å². The van der Waals surface area contributed by atoms with Crippen LogP contribution in [0.2, 0.25) is 0 Å². The van der Waals surface area contributed by atoms with E-state index in [1.54, 1.807) is 6.33 Å². The second-order valence-electron chi connectivity index (χ2n) is 4.62. The molecule has 3 nitrogen and oxygen atoms in total. The van der Waals surface area contributed by atoms with Crippen LogP contribution in [0.15, 0.2) is 30.7 Å². The number of benzene rings is 1. The molecule has 0 saturated carbocycles. The molecule has 0 aliphatic rings. The molecule has 0 unspecified atom stereocenters. The molecule has 1 aromatic carbocycles. The number of rotatable bonds is 3. The first-order chi connectivity index (χ1) is 8.11. The number of aliphatic hydroxyl groups excluding tert-OH is 1. The summed E-state index contributed by atoms with van der Waals surface area (Å²) in [5, 5.41) is 9.46. The van der Waals surface area contributed by atoms with Gasteiger partial charge in [0.1, 0.15) is 0 Å². The van der Waals surface area contributed by atoms with Gasteiger partial charge < -0.3 is 9.67 Å². The maximum atomic E-state index is 9.46. The number of hydrogen-bond donors (Lipinski definition) is 1. The molecule has 3 heteroatoms. The Morgan fingerprint density at radius 3 is 2.65 bits per heavy atom. The highest BCUT2D eigenvalue weighted by Crippen LogP contribution is 2.22. The average Bonchev–Trinajstić information content (AvgIpc) is 2.74. The molecule has 0 aliphatic heterocycles. The second kappa shape index (κ2) is 4.72. The number of aromatic nitrogens is 2. The Hall–Kier alpha value is -1.61. The lowest BCUT2D eigenvalue weighted by molar-refractivity contribution is 0.281. The molecule has 0 spiro atoms. The van der Waals surface area contributed by atoms with E-state index in [9.17, 15) is 5.11 Å². The van der Waals surface area contributed by atoms with Crippen LogP contribution in [0.5, 0.6) is 0 Å². The SMILES string of the molecule is Cc1cn(-c2ccc(C(C)C)cc2CO)cn1. The molecular formula is C14H18N2O. The van der Waals surface area contributed by atoms with Crippen LogP contribution in [-0.2, 0) is 6.61 Å². The Morgan fingerprint density at radius 1 is 1.35 bits per heavy atom. The summed E-state index contributed by atoms with van der Waals surface area (Å²) in [5.41, 5.74) is 4.16. The minimum atomic E-state index is 0.0487. The maximum Gasteiger partial charge on any atom is 0.0995 e. The zero-order valence-electron chi connectivity index (χ0n) is 10.5. The van der Waals surface area contributed by atoms with Crippen molar-refractivity contribution in [3.8, 4) is 5.69 Å². The predicted molar refractivity (Wildman–Crippen MR) is 68.3 cm³/mol. The van der Waals surface area contributed by atoms with Crippen molar-refractivity contribution in [1.29, 1.82) is 0 Å². The standard InChI is InChI=1S/C14H18N2O/c1-10(2)12-4-5-14(13(6-12)8-17)16-7-11(3)15-9-16/h4-7,9-10,17H,8H2,1-3H3. The van der Waals surface area contributed by atoms with Crippen LogP contribution in [0, 0.1) is 6.92 Å². The van der Waals surface area contributed by atoms with Crippen LogP contribution in [0.3, 0.4) is 0 Å². The Labute approximate surface area is 102 Å². The van der Waals surface area contributed by atoms with Gasteiger partial charge in [-0.15, -0.1) is 0 Å². The molecule has 0 bridgehead atoms. The van der Waals surface area contributed by atoms with Gasteiger partial charge >= 0.3 is 0 Å². The summed E-state index contributed by atoms with van der Waals surface area (Å²) >= 11 is 0. The van der Waals surface area contributed by atoms with E-state index in [1.807, 2.05) is 23.8 Å². The second-order valence-corrected chi connectivity index (χ2v) is 4.62. The highest BCUT2D eigenvalue weighted by Gasteiger charge is 2.07. The van der Waals surface area contributed by atoms with E-state index >= 15 is 0 Å². The molecule has 0 radical (unpaired) electrons. The zero-order valence-corrected chi connectivity index (χ0v) is 10.5. The van der Waals surface area contributed by atoms with Gasteiger partial charge in [0, 0.05) is 11.8 Å². The normalized spacial score (nSPS) is 11.1. The Morgan fingerprint density at radius 2 is 2.12 bits per heavy atom. The van der Waals surface area contributed by atoms with Gasteiger partial charge in [0.2, 0.25) is 0 Å². The largest absolute Gasteiger partial charge is 0.392 e. The third-order valence-electron chi connectivity index (χ3n) is 2.93. The molecule has 0 atom stereocenters. The molecule has 90 valence electrons. The zero-order chi connectivity index (χ0) is 12.4. The molecule has 2 rings (SSSR count). The average molecular weight is 230 g/mol. The van der Waals surface area contributed by atoms with Gasteiger partial charge in [-0.2, -0.15) is 0 Å². The van der Waals surface area contributed by atoms with Crippen LogP contribution in [0.25, 0.3) is 5.69 Å². The number of imidazole rings is 1. The summed E-state index contributed by atoms with van der Waals surface area (Å²) in [4.78, 5) is 4.21. The summed E-state index contributed by atoms with van der Waals surface area (Å²) in [5.74, 6) is 0.471. The van der Waals surface area contributed by atoms with Gasteiger partial charge in [0.25, 0.3) is 0 Å². The summed E-state index contributed by atoms with van der Waals surface area (Å²) in [6, 6.07) is 6.21. The number of aliphatic hydroxyl groups is 1. The molecule has 0 amide bonds. The first-order valence-electron chi connectivity index (χ1n) is 5.86. The van der Waals surface area contributed by atoms with Gasteiger partial charge in [-0.05, 0) is 24.5 Å². The smallest absolute Gasteiger partial charge is 0.0995 e. The third-order valence-corrected chi connectivity index (χ3v) is 2.93. The van der Waals surface area contributed by atoms with Crippen molar-refractivity contribution in [3.05, 3.63) is 47.5 Å². The Bertz CT molecular complexity index is 515.